The van der Waals surface area contributed by atoms with Crippen molar-refractivity contribution < 1.29 is 4.57 Å². The SMILES string of the molecule is Cc1cc(-c2cc(P(C)(C)=O)ccc2C)ccc1-c1ccc(C#N)cc1. The Hall–Kier alpha value is -2.62. The minimum atomic E-state index is -2.29. The van der Waals surface area contributed by atoms with Crippen LogP contribution in [0.2, 0.25) is 0 Å². The van der Waals surface area contributed by atoms with Gasteiger partial charge in [0.25, 0.3) is 0 Å². The van der Waals surface area contributed by atoms with Gasteiger partial charge < -0.3 is 4.57 Å². The van der Waals surface area contributed by atoms with Crippen LogP contribution in [0.25, 0.3) is 22.3 Å². The van der Waals surface area contributed by atoms with Gasteiger partial charge in [-0.05, 0) is 78.8 Å². The van der Waals surface area contributed by atoms with E-state index in [0.29, 0.717) is 5.56 Å². The molecule has 3 rings (SSSR count). The van der Waals surface area contributed by atoms with Gasteiger partial charge in [0, 0.05) is 5.30 Å². The van der Waals surface area contributed by atoms with Crippen LogP contribution in [-0.2, 0) is 4.57 Å². The van der Waals surface area contributed by atoms with Crippen LogP contribution in [0.1, 0.15) is 16.7 Å². The Morgan fingerprint density at radius 3 is 2.00 bits per heavy atom. The molecular formula is C23H22NOP. The van der Waals surface area contributed by atoms with Crippen LogP contribution in [0.3, 0.4) is 0 Å². The van der Waals surface area contributed by atoms with Crippen LogP contribution < -0.4 is 5.30 Å². The molecule has 0 bridgehead atoms. The molecule has 0 N–H and O–H groups in total. The summed E-state index contributed by atoms with van der Waals surface area (Å²) in [4.78, 5) is 0. The minimum absolute atomic E-state index is 0.666. The van der Waals surface area contributed by atoms with E-state index in [2.05, 4.69) is 44.2 Å². The fourth-order valence-corrected chi connectivity index (χ4v) is 4.01. The maximum Gasteiger partial charge on any atom is 0.109 e. The van der Waals surface area contributed by atoms with Crippen molar-refractivity contribution in [1.29, 1.82) is 5.26 Å². The van der Waals surface area contributed by atoms with Gasteiger partial charge >= 0.3 is 0 Å². The first-order chi connectivity index (χ1) is 12.3. The quantitative estimate of drug-likeness (QED) is 0.558. The molecule has 3 aromatic carbocycles. The Kier molecular flexibility index (Phi) is 4.86. The number of nitrogens with zero attached hydrogens (tertiary/aromatic N) is 1. The highest BCUT2D eigenvalue weighted by atomic mass is 31.2. The average Bonchev–Trinajstić information content (AvgIpc) is 2.61. The molecule has 0 atom stereocenters. The van der Waals surface area contributed by atoms with E-state index < -0.39 is 7.14 Å². The maximum atomic E-state index is 12.4. The van der Waals surface area contributed by atoms with Crippen LogP contribution in [-0.4, -0.2) is 13.3 Å². The molecule has 0 aromatic heterocycles. The van der Waals surface area contributed by atoms with E-state index in [9.17, 15) is 4.57 Å². The fraction of sp³-hybridized carbons (Fsp3) is 0.174. The third-order valence-corrected chi connectivity index (χ3v) is 6.23. The van der Waals surface area contributed by atoms with Crippen molar-refractivity contribution in [3.63, 3.8) is 0 Å². The fourth-order valence-electron chi connectivity index (χ4n) is 3.14. The molecule has 0 fully saturated rings. The molecule has 3 heteroatoms. The van der Waals surface area contributed by atoms with Gasteiger partial charge in [-0.25, -0.2) is 0 Å². The van der Waals surface area contributed by atoms with E-state index in [-0.39, 0.29) is 0 Å². The van der Waals surface area contributed by atoms with Gasteiger partial charge in [-0.3, -0.25) is 0 Å². The van der Waals surface area contributed by atoms with Crippen LogP contribution >= 0.6 is 7.14 Å². The topological polar surface area (TPSA) is 40.9 Å². The molecule has 130 valence electrons. The van der Waals surface area contributed by atoms with E-state index in [1.165, 1.54) is 11.1 Å². The second-order valence-corrected chi connectivity index (χ2v) is 10.3. The van der Waals surface area contributed by atoms with E-state index in [1.807, 2.05) is 36.4 Å². The molecule has 0 radical (unpaired) electrons. The van der Waals surface area contributed by atoms with Gasteiger partial charge in [0.05, 0.1) is 11.6 Å². The second kappa shape index (κ2) is 6.94. The predicted octanol–water partition coefficient (Wildman–Crippen LogP) is 5.76. The summed E-state index contributed by atoms with van der Waals surface area (Å²) in [6.45, 7) is 7.79. The molecule has 0 unspecified atom stereocenters. The lowest BCUT2D eigenvalue weighted by atomic mass is 9.94. The van der Waals surface area contributed by atoms with Gasteiger partial charge in [-0.2, -0.15) is 5.26 Å². The van der Waals surface area contributed by atoms with Crippen molar-refractivity contribution in [2.45, 2.75) is 13.8 Å². The Balaban J connectivity index is 2.05. The van der Waals surface area contributed by atoms with Gasteiger partial charge in [-0.1, -0.05) is 42.5 Å². The predicted molar refractivity (Wildman–Crippen MR) is 111 cm³/mol. The number of hydrogen-bond donors (Lipinski definition) is 0. The summed E-state index contributed by atoms with van der Waals surface area (Å²) in [5.41, 5.74) is 7.53. The lowest BCUT2D eigenvalue weighted by Crippen LogP contribution is -2.04. The number of benzene rings is 3. The molecule has 0 amide bonds. The smallest absolute Gasteiger partial charge is 0.109 e. The van der Waals surface area contributed by atoms with Gasteiger partial charge in [-0.15, -0.1) is 0 Å². The van der Waals surface area contributed by atoms with Crippen LogP contribution in [0.4, 0.5) is 0 Å². The van der Waals surface area contributed by atoms with Crippen molar-refractivity contribution in [1.82, 2.24) is 0 Å². The van der Waals surface area contributed by atoms with Crippen LogP contribution in [0.15, 0.2) is 60.7 Å². The first-order valence-corrected chi connectivity index (χ1v) is 11.2. The zero-order valence-corrected chi connectivity index (χ0v) is 16.5. The van der Waals surface area contributed by atoms with Crippen molar-refractivity contribution >= 4 is 12.4 Å². The van der Waals surface area contributed by atoms with Crippen LogP contribution in [0.5, 0.6) is 0 Å². The van der Waals surface area contributed by atoms with Crippen molar-refractivity contribution in [3.8, 4) is 28.3 Å². The molecular weight excluding hydrogens is 337 g/mol. The largest absolute Gasteiger partial charge is 0.319 e. The molecule has 26 heavy (non-hydrogen) atoms. The summed E-state index contributed by atoms with van der Waals surface area (Å²) >= 11 is 0. The standard InChI is InChI=1S/C23H22NOP/c1-16-5-11-21(26(3,4)25)14-23(16)20-10-12-22(17(2)13-20)19-8-6-18(15-24)7-9-19/h5-14H,1-4H3. The van der Waals surface area contributed by atoms with Crippen molar-refractivity contribution in [3.05, 3.63) is 77.4 Å². The molecule has 0 aliphatic heterocycles. The molecule has 3 aromatic rings. The lowest BCUT2D eigenvalue weighted by molar-refractivity contribution is 0.588. The highest BCUT2D eigenvalue weighted by molar-refractivity contribution is 7.70. The highest BCUT2D eigenvalue weighted by Crippen LogP contribution is 2.37. The Labute approximate surface area is 155 Å². The van der Waals surface area contributed by atoms with Crippen molar-refractivity contribution in [2.75, 3.05) is 13.3 Å². The summed E-state index contributed by atoms with van der Waals surface area (Å²) in [5.74, 6) is 0. The zero-order chi connectivity index (χ0) is 18.9. The van der Waals surface area contributed by atoms with Gasteiger partial charge in [0.15, 0.2) is 0 Å². The third-order valence-electron chi connectivity index (χ3n) is 4.71. The second-order valence-electron chi connectivity index (χ2n) is 7.07. The lowest BCUT2D eigenvalue weighted by Gasteiger charge is -2.14. The molecule has 0 saturated heterocycles. The molecule has 0 saturated carbocycles. The van der Waals surface area contributed by atoms with E-state index in [0.717, 1.165) is 27.6 Å². The normalized spacial score (nSPS) is 11.2. The van der Waals surface area contributed by atoms with Gasteiger partial charge in [0.1, 0.15) is 7.14 Å². The Bertz CT molecular complexity index is 1050. The molecule has 0 heterocycles. The Morgan fingerprint density at radius 2 is 1.42 bits per heavy atom. The number of hydrogen-bond acceptors (Lipinski definition) is 2. The first kappa shape index (κ1) is 18.2. The van der Waals surface area contributed by atoms with E-state index in [4.69, 9.17) is 5.26 Å². The summed E-state index contributed by atoms with van der Waals surface area (Å²) in [5, 5.41) is 9.86. The molecule has 0 spiro atoms. The summed E-state index contributed by atoms with van der Waals surface area (Å²) in [6.07, 6.45) is 0. The number of rotatable bonds is 3. The minimum Gasteiger partial charge on any atom is -0.319 e. The van der Waals surface area contributed by atoms with E-state index >= 15 is 0 Å². The monoisotopic (exact) mass is 359 g/mol. The summed E-state index contributed by atoms with van der Waals surface area (Å²) in [6, 6.07) is 22.3. The first-order valence-electron chi connectivity index (χ1n) is 8.57. The number of nitriles is 1. The highest BCUT2D eigenvalue weighted by Gasteiger charge is 2.14. The molecule has 0 aliphatic rings. The molecule has 2 nitrogen and oxygen atoms in total. The Morgan fingerprint density at radius 1 is 0.769 bits per heavy atom. The van der Waals surface area contributed by atoms with E-state index in [1.54, 1.807) is 13.3 Å². The third kappa shape index (κ3) is 3.64. The number of aryl methyl sites for hydroxylation is 2. The summed E-state index contributed by atoms with van der Waals surface area (Å²) < 4.78 is 12.4. The molecule has 0 aliphatic carbocycles. The summed E-state index contributed by atoms with van der Waals surface area (Å²) in [7, 11) is -2.29. The van der Waals surface area contributed by atoms with Crippen LogP contribution in [0, 0.1) is 25.2 Å². The average molecular weight is 359 g/mol. The maximum absolute atomic E-state index is 12.4. The van der Waals surface area contributed by atoms with Crippen molar-refractivity contribution in [2.24, 2.45) is 0 Å². The van der Waals surface area contributed by atoms with Gasteiger partial charge in [0.2, 0.25) is 0 Å². The zero-order valence-electron chi connectivity index (χ0n) is 15.6.